The van der Waals surface area contributed by atoms with Crippen molar-refractivity contribution in [3.05, 3.63) is 52.5 Å². The van der Waals surface area contributed by atoms with E-state index in [0.29, 0.717) is 16.3 Å². The van der Waals surface area contributed by atoms with Crippen LogP contribution in [0.3, 0.4) is 0 Å². The first-order valence-corrected chi connectivity index (χ1v) is 8.68. The number of rotatable bonds is 4. The number of hydrogen-bond donors (Lipinski definition) is 2. The van der Waals surface area contributed by atoms with Crippen molar-refractivity contribution in [1.29, 1.82) is 0 Å². The molecule has 0 aliphatic heterocycles. The normalized spacial score (nSPS) is 11.7. The van der Waals surface area contributed by atoms with Crippen LogP contribution >= 0.6 is 11.6 Å². The average Bonchev–Trinajstić information content (AvgIpc) is 2.42. The van der Waals surface area contributed by atoms with Gasteiger partial charge in [0.25, 0.3) is 10.0 Å². The summed E-state index contributed by atoms with van der Waals surface area (Å²) in [5.41, 5.74) is 1.82. The summed E-state index contributed by atoms with van der Waals surface area (Å²) in [5.74, 6) is 0.215. The summed E-state index contributed by atoms with van der Waals surface area (Å²) in [4.78, 5) is 0.136. The Morgan fingerprint density at radius 3 is 2.27 bits per heavy atom. The van der Waals surface area contributed by atoms with Gasteiger partial charge in [0.05, 0.1) is 10.6 Å². The van der Waals surface area contributed by atoms with Crippen molar-refractivity contribution in [2.24, 2.45) is 0 Å². The number of aryl methyl sites for hydroxylation is 1. The van der Waals surface area contributed by atoms with Crippen molar-refractivity contribution >= 4 is 27.3 Å². The Balaban J connectivity index is 2.45. The summed E-state index contributed by atoms with van der Waals surface area (Å²) in [6.45, 7) is 5.59. The second-order valence-corrected chi connectivity index (χ2v) is 7.56. The molecular weight excluding hydrogens is 322 g/mol. The monoisotopic (exact) mass is 339 g/mol. The van der Waals surface area contributed by atoms with Crippen LogP contribution in [0.2, 0.25) is 5.02 Å². The zero-order valence-corrected chi connectivity index (χ0v) is 14.2. The van der Waals surface area contributed by atoms with E-state index >= 15 is 0 Å². The topological polar surface area (TPSA) is 66.4 Å². The van der Waals surface area contributed by atoms with Gasteiger partial charge in [-0.3, -0.25) is 4.72 Å². The maximum atomic E-state index is 12.5. The summed E-state index contributed by atoms with van der Waals surface area (Å²) >= 11 is 5.78. The summed E-state index contributed by atoms with van der Waals surface area (Å²) in [7, 11) is -3.71. The lowest BCUT2D eigenvalue weighted by atomic mass is 9.99. The molecule has 0 amide bonds. The number of anilines is 1. The standard InChI is InChI=1S/C16H18ClNO3S/c1-10(2)14-9-16(19)11(3)8-15(14)18-22(20,21)13-6-4-12(17)5-7-13/h4-10,18-19H,1-3H3. The van der Waals surface area contributed by atoms with Crippen LogP contribution in [0.5, 0.6) is 5.75 Å². The lowest BCUT2D eigenvalue weighted by Gasteiger charge is -2.17. The van der Waals surface area contributed by atoms with Crippen molar-refractivity contribution in [2.75, 3.05) is 4.72 Å². The number of halogens is 1. The van der Waals surface area contributed by atoms with Gasteiger partial charge in [0.15, 0.2) is 0 Å². The Morgan fingerprint density at radius 1 is 1.14 bits per heavy atom. The first-order chi connectivity index (χ1) is 10.2. The zero-order valence-electron chi connectivity index (χ0n) is 12.6. The maximum Gasteiger partial charge on any atom is 0.261 e. The molecule has 2 aromatic rings. The maximum absolute atomic E-state index is 12.5. The number of nitrogens with one attached hydrogen (secondary N) is 1. The summed E-state index contributed by atoms with van der Waals surface area (Å²) < 4.78 is 27.5. The quantitative estimate of drug-likeness (QED) is 0.817. The smallest absolute Gasteiger partial charge is 0.261 e. The summed E-state index contributed by atoms with van der Waals surface area (Å²) in [5, 5.41) is 10.3. The van der Waals surface area contributed by atoms with Gasteiger partial charge in [0, 0.05) is 5.02 Å². The fourth-order valence-electron chi connectivity index (χ4n) is 2.10. The SMILES string of the molecule is Cc1cc(NS(=O)(=O)c2ccc(Cl)cc2)c(C(C)C)cc1O. The highest BCUT2D eigenvalue weighted by Crippen LogP contribution is 2.32. The van der Waals surface area contributed by atoms with Crippen LogP contribution in [0.15, 0.2) is 41.3 Å². The van der Waals surface area contributed by atoms with Crippen molar-refractivity contribution < 1.29 is 13.5 Å². The van der Waals surface area contributed by atoms with Gasteiger partial charge in [-0.1, -0.05) is 25.4 Å². The minimum Gasteiger partial charge on any atom is -0.508 e. The van der Waals surface area contributed by atoms with Gasteiger partial charge in [-0.15, -0.1) is 0 Å². The number of benzene rings is 2. The third kappa shape index (κ3) is 3.54. The molecule has 118 valence electrons. The fraction of sp³-hybridized carbons (Fsp3) is 0.250. The van der Waals surface area contributed by atoms with Crippen LogP contribution < -0.4 is 4.72 Å². The van der Waals surface area contributed by atoms with E-state index in [9.17, 15) is 13.5 Å². The van der Waals surface area contributed by atoms with Crippen molar-refractivity contribution in [3.8, 4) is 5.75 Å². The Hall–Kier alpha value is -1.72. The average molecular weight is 340 g/mol. The molecule has 0 aromatic heterocycles. The van der Waals surface area contributed by atoms with Crippen molar-refractivity contribution in [2.45, 2.75) is 31.6 Å². The highest BCUT2D eigenvalue weighted by molar-refractivity contribution is 7.92. The van der Waals surface area contributed by atoms with E-state index in [1.54, 1.807) is 19.1 Å². The van der Waals surface area contributed by atoms with Crippen molar-refractivity contribution in [1.82, 2.24) is 0 Å². The molecule has 0 fully saturated rings. The van der Waals surface area contributed by atoms with Crippen LogP contribution in [-0.4, -0.2) is 13.5 Å². The predicted octanol–water partition coefficient (Wildman–Crippen LogP) is 4.28. The highest BCUT2D eigenvalue weighted by atomic mass is 35.5. The lowest BCUT2D eigenvalue weighted by Crippen LogP contribution is -2.14. The molecule has 2 aromatic carbocycles. The third-order valence-electron chi connectivity index (χ3n) is 3.36. The molecule has 4 nitrogen and oxygen atoms in total. The van der Waals surface area contributed by atoms with Crippen LogP contribution in [-0.2, 0) is 10.0 Å². The van der Waals surface area contributed by atoms with Gasteiger partial charge < -0.3 is 5.11 Å². The Morgan fingerprint density at radius 2 is 1.73 bits per heavy atom. The molecule has 0 heterocycles. The number of sulfonamides is 1. The van der Waals surface area contributed by atoms with E-state index in [4.69, 9.17) is 11.6 Å². The van der Waals surface area contributed by atoms with E-state index in [1.807, 2.05) is 13.8 Å². The number of aromatic hydroxyl groups is 1. The molecule has 0 spiro atoms. The first-order valence-electron chi connectivity index (χ1n) is 6.82. The second-order valence-electron chi connectivity index (χ2n) is 5.44. The van der Waals surface area contributed by atoms with Gasteiger partial charge >= 0.3 is 0 Å². The molecule has 0 saturated heterocycles. The minimum absolute atomic E-state index is 0.0643. The van der Waals surface area contributed by atoms with E-state index in [1.165, 1.54) is 24.3 Å². The summed E-state index contributed by atoms with van der Waals surface area (Å²) in [6, 6.07) is 9.20. The molecule has 0 aliphatic rings. The molecule has 0 radical (unpaired) electrons. The fourth-order valence-corrected chi connectivity index (χ4v) is 3.30. The van der Waals surface area contributed by atoms with E-state index in [-0.39, 0.29) is 16.6 Å². The molecule has 22 heavy (non-hydrogen) atoms. The second kappa shape index (κ2) is 6.18. The molecule has 0 unspecified atom stereocenters. The largest absolute Gasteiger partial charge is 0.508 e. The number of phenols is 1. The molecule has 0 atom stereocenters. The Labute approximate surface area is 135 Å². The molecule has 2 rings (SSSR count). The third-order valence-corrected chi connectivity index (χ3v) is 4.99. The van der Waals surface area contributed by atoms with Gasteiger partial charge in [-0.2, -0.15) is 0 Å². The molecule has 2 N–H and O–H groups in total. The number of hydrogen-bond acceptors (Lipinski definition) is 3. The van der Waals surface area contributed by atoms with Crippen molar-refractivity contribution in [3.63, 3.8) is 0 Å². The zero-order chi connectivity index (χ0) is 16.5. The molecular formula is C16H18ClNO3S. The van der Waals surface area contributed by atoms with Gasteiger partial charge in [-0.05, 0) is 60.4 Å². The van der Waals surface area contributed by atoms with Gasteiger partial charge in [0.2, 0.25) is 0 Å². The van der Waals surface area contributed by atoms with Crippen LogP contribution in [0.1, 0.15) is 30.9 Å². The molecule has 6 heteroatoms. The first kappa shape index (κ1) is 16.6. The van der Waals surface area contributed by atoms with Crippen LogP contribution in [0.25, 0.3) is 0 Å². The van der Waals surface area contributed by atoms with Gasteiger partial charge in [-0.25, -0.2) is 8.42 Å². The van der Waals surface area contributed by atoms with E-state index in [0.717, 1.165) is 5.56 Å². The Kier molecular flexibility index (Phi) is 4.68. The Bertz CT molecular complexity index is 784. The van der Waals surface area contributed by atoms with E-state index in [2.05, 4.69) is 4.72 Å². The summed E-state index contributed by atoms with van der Waals surface area (Å²) in [6.07, 6.45) is 0. The predicted molar refractivity (Wildman–Crippen MR) is 89.2 cm³/mol. The molecule has 0 bridgehead atoms. The molecule has 0 saturated carbocycles. The van der Waals surface area contributed by atoms with Crippen LogP contribution in [0.4, 0.5) is 5.69 Å². The van der Waals surface area contributed by atoms with E-state index < -0.39 is 10.0 Å². The molecule has 0 aliphatic carbocycles. The number of phenolic OH excluding ortho intramolecular Hbond substituents is 1. The highest BCUT2D eigenvalue weighted by Gasteiger charge is 2.18. The van der Waals surface area contributed by atoms with Crippen LogP contribution in [0, 0.1) is 6.92 Å². The minimum atomic E-state index is -3.71. The van der Waals surface area contributed by atoms with Gasteiger partial charge in [0.1, 0.15) is 5.75 Å². The lowest BCUT2D eigenvalue weighted by molar-refractivity contribution is 0.470.